The standard InChI is InChI=1S/C22H47N3O5Si2/c1-9-31(10-2,11-3)29-19-17(15-23)28-21(22(27)24-8)18(25-16(7)26)20(19)30-32(12-4,13-5)14-6/h17-21H,9-15,23H2,1-8H3,(H,24,27)(H,25,26)/t17-,18-,19+,20+,21-/m1/s1. The minimum atomic E-state index is -2.11. The Labute approximate surface area is 197 Å². The Morgan fingerprint density at radius 2 is 1.31 bits per heavy atom. The number of hydrogen-bond acceptors (Lipinski definition) is 6. The molecular formula is C22H47N3O5Si2. The molecule has 5 atom stereocenters. The molecule has 0 spiro atoms. The van der Waals surface area contributed by atoms with Crippen LogP contribution in [0.2, 0.25) is 36.3 Å². The van der Waals surface area contributed by atoms with Crippen LogP contribution in [0.1, 0.15) is 48.5 Å². The van der Waals surface area contributed by atoms with Gasteiger partial charge in [-0.25, -0.2) is 0 Å². The quantitative estimate of drug-likeness (QED) is 0.343. The van der Waals surface area contributed by atoms with Crippen LogP contribution in [-0.4, -0.2) is 72.5 Å². The predicted molar refractivity (Wildman–Crippen MR) is 134 cm³/mol. The number of nitrogens with two attached hydrogens (primary N) is 1. The number of nitrogens with one attached hydrogen (secondary N) is 2. The number of hydrogen-bond donors (Lipinski definition) is 3. The molecule has 0 saturated carbocycles. The van der Waals surface area contributed by atoms with Crippen LogP contribution < -0.4 is 16.4 Å². The third kappa shape index (κ3) is 6.63. The van der Waals surface area contributed by atoms with Gasteiger partial charge in [-0.1, -0.05) is 41.5 Å². The van der Waals surface area contributed by atoms with Crippen molar-refractivity contribution in [2.24, 2.45) is 5.73 Å². The molecule has 1 fully saturated rings. The Hall–Kier alpha value is -0.786. The van der Waals surface area contributed by atoms with Gasteiger partial charge in [0.2, 0.25) is 5.91 Å². The highest BCUT2D eigenvalue weighted by Crippen LogP contribution is 2.35. The van der Waals surface area contributed by atoms with Gasteiger partial charge in [0, 0.05) is 20.5 Å². The number of carbonyl (C=O) groups excluding carboxylic acids is 2. The molecular weight excluding hydrogens is 442 g/mol. The number of ether oxygens (including phenoxy) is 1. The van der Waals surface area contributed by atoms with Crippen LogP contribution >= 0.6 is 0 Å². The molecule has 0 aromatic carbocycles. The van der Waals surface area contributed by atoms with Gasteiger partial charge in [0.15, 0.2) is 22.7 Å². The molecule has 10 heteroatoms. The van der Waals surface area contributed by atoms with Gasteiger partial charge in [0.05, 0.1) is 24.4 Å². The maximum atomic E-state index is 12.8. The van der Waals surface area contributed by atoms with Crippen molar-refractivity contribution in [2.75, 3.05) is 13.6 Å². The Kier molecular flexibility index (Phi) is 12.1. The van der Waals surface area contributed by atoms with Crippen molar-refractivity contribution < 1.29 is 23.2 Å². The lowest BCUT2D eigenvalue weighted by atomic mass is 9.92. The van der Waals surface area contributed by atoms with Crippen molar-refractivity contribution in [1.82, 2.24) is 10.6 Å². The topological polar surface area (TPSA) is 112 Å². The van der Waals surface area contributed by atoms with Gasteiger partial charge >= 0.3 is 0 Å². The first kappa shape index (κ1) is 29.2. The van der Waals surface area contributed by atoms with Gasteiger partial charge < -0.3 is 30.0 Å². The van der Waals surface area contributed by atoms with Crippen molar-refractivity contribution in [2.45, 2.75) is 115 Å². The van der Waals surface area contributed by atoms with Gasteiger partial charge in [-0.3, -0.25) is 9.59 Å². The fourth-order valence-electron chi connectivity index (χ4n) is 4.75. The molecule has 0 radical (unpaired) electrons. The number of carbonyl (C=O) groups is 2. The second-order valence-corrected chi connectivity index (χ2v) is 18.3. The van der Waals surface area contributed by atoms with Crippen LogP contribution in [-0.2, 0) is 23.2 Å². The van der Waals surface area contributed by atoms with Gasteiger partial charge in [-0.15, -0.1) is 0 Å². The molecule has 1 rings (SSSR count). The van der Waals surface area contributed by atoms with Crippen molar-refractivity contribution in [3.8, 4) is 0 Å². The summed E-state index contributed by atoms with van der Waals surface area (Å²) in [6, 6.07) is 5.13. The van der Waals surface area contributed by atoms with E-state index in [4.69, 9.17) is 19.3 Å². The van der Waals surface area contributed by atoms with Crippen molar-refractivity contribution in [3.05, 3.63) is 0 Å². The van der Waals surface area contributed by atoms with Gasteiger partial charge in [0.25, 0.3) is 5.91 Å². The van der Waals surface area contributed by atoms with Crippen LogP contribution in [0, 0.1) is 0 Å². The van der Waals surface area contributed by atoms with E-state index in [0.717, 1.165) is 36.3 Å². The molecule has 1 saturated heterocycles. The summed E-state index contributed by atoms with van der Waals surface area (Å²) in [7, 11) is -2.59. The van der Waals surface area contributed by atoms with Crippen molar-refractivity contribution >= 4 is 28.4 Å². The molecule has 188 valence electrons. The summed E-state index contributed by atoms with van der Waals surface area (Å²) in [6.07, 6.45) is -2.30. The summed E-state index contributed by atoms with van der Waals surface area (Å²) < 4.78 is 20.2. The molecule has 0 aromatic rings. The molecule has 1 heterocycles. The highest BCUT2D eigenvalue weighted by atomic mass is 28.4. The summed E-state index contributed by atoms with van der Waals surface area (Å²) in [5.41, 5.74) is 6.16. The molecule has 8 nitrogen and oxygen atoms in total. The van der Waals surface area contributed by atoms with Crippen molar-refractivity contribution in [3.63, 3.8) is 0 Å². The molecule has 1 aliphatic heterocycles. The molecule has 4 N–H and O–H groups in total. The second kappa shape index (κ2) is 13.2. The smallest absolute Gasteiger partial charge is 0.251 e. The lowest BCUT2D eigenvalue weighted by molar-refractivity contribution is -0.181. The van der Waals surface area contributed by atoms with E-state index in [1.165, 1.54) is 6.92 Å². The normalized spacial score (nSPS) is 26.6. The lowest BCUT2D eigenvalue weighted by Crippen LogP contribution is -2.71. The van der Waals surface area contributed by atoms with E-state index in [1.54, 1.807) is 7.05 Å². The van der Waals surface area contributed by atoms with E-state index in [0.29, 0.717) is 0 Å². The van der Waals surface area contributed by atoms with Gasteiger partial charge in [-0.05, 0) is 36.3 Å². The minimum Gasteiger partial charge on any atom is -0.409 e. The first-order valence-electron chi connectivity index (χ1n) is 12.4. The van der Waals surface area contributed by atoms with E-state index in [-0.39, 0.29) is 18.4 Å². The molecule has 0 unspecified atom stereocenters. The van der Waals surface area contributed by atoms with Crippen LogP contribution in [0.5, 0.6) is 0 Å². The largest absolute Gasteiger partial charge is 0.409 e. The van der Waals surface area contributed by atoms with E-state index >= 15 is 0 Å². The zero-order chi connectivity index (χ0) is 24.5. The second-order valence-electron chi connectivity index (χ2n) is 8.82. The Morgan fingerprint density at radius 1 is 0.875 bits per heavy atom. The van der Waals surface area contributed by atoms with E-state index < -0.39 is 47.1 Å². The fourth-order valence-corrected chi connectivity index (χ4v) is 10.5. The summed E-state index contributed by atoms with van der Waals surface area (Å²) in [6.45, 7) is 14.7. The third-order valence-corrected chi connectivity index (χ3v) is 16.7. The summed E-state index contributed by atoms with van der Waals surface area (Å²) in [4.78, 5) is 25.0. The summed E-state index contributed by atoms with van der Waals surface area (Å²) >= 11 is 0. The zero-order valence-electron chi connectivity index (χ0n) is 21.5. The first-order valence-corrected chi connectivity index (χ1v) is 17.4. The highest BCUT2D eigenvalue weighted by molar-refractivity contribution is 6.74. The van der Waals surface area contributed by atoms with Crippen LogP contribution in [0.3, 0.4) is 0 Å². The molecule has 0 aromatic heterocycles. The van der Waals surface area contributed by atoms with Crippen LogP contribution in [0.4, 0.5) is 0 Å². The average Bonchev–Trinajstić information content (AvgIpc) is 2.81. The Morgan fingerprint density at radius 3 is 1.66 bits per heavy atom. The Balaban J connectivity index is 3.61. The molecule has 0 bridgehead atoms. The summed E-state index contributed by atoms with van der Waals surface area (Å²) in [5, 5.41) is 5.65. The third-order valence-electron chi connectivity index (χ3n) is 7.44. The highest BCUT2D eigenvalue weighted by Gasteiger charge is 2.53. The van der Waals surface area contributed by atoms with Crippen LogP contribution in [0.15, 0.2) is 0 Å². The van der Waals surface area contributed by atoms with E-state index in [9.17, 15) is 9.59 Å². The molecule has 1 aliphatic rings. The maximum Gasteiger partial charge on any atom is 0.251 e. The minimum absolute atomic E-state index is 0.214. The fraction of sp³-hybridized carbons (Fsp3) is 0.909. The number of likely N-dealkylation sites (N-methyl/N-ethyl adjacent to an activating group) is 1. The first-order chi connectivity index (χ1) is 15.1. The van der Waals surface area contributed by atoms with Crippen molar-refractivity contribution in [1.29, 1.82) is 0 Å². The van der Waals surface area contributed by atoms with Gasteiger partial charge in [-0.2, -0.15) is 0 Å². The zero-order valence-corrected chi connectivity index (χ0v) is 23.5. The predicted octanol–water partition coefficient (Wildman–Crippen LogP) is 2.74. The SMILES string of the molecule is CC[Si](CC)(CC)O[C@@H]1[C@@H](O[Si](CC)(CC)CC)[C@@H](NC(C)=O)[C@H](C(=O)NC)O[C@@H]1CN. The number of amides is 2. The molecule has 0 aliphatic carbocycles. The maximum absolute atomic E-state index is 12.8. The van der Waals surface area contributed by atoms with E-state index in [1.807, 2.05) is 0 Å². The summed E-state index contributed by atoms with van der Waals surface area (Å²) in [5.74, 6) is -0.524. The van der Waals surface area contributed by atoms with Gasteiger partial charge in [0.1, 0.15) is 0 Å². The van der Waals surface area contributed by atoms with Crippen LogP contribution in [0.25, 0.3) is 0 Å². The average molecular weight is 490 g/mol. The van der Waals surface area contributed by atoms with E-state index in [2.05, 4.69) is 52.2 Å². The molecule has 2 amide bonds. The molecule has 32 heavy (non-hydrogen) atoms. The number of rotatable bonds is 13. The Bertz CT molecular complexity index is 586. The lowest BCUT2D eigenvalue weighted by Gasteiger charge is -2.51. The monoisotopic (exact) mass is 489 g/mol.